The number of hydrogen-bond donors (Lipinski definition) is 2. The van der Waals surface area contributed by atoms with Crippen LogP contribution in [0.2, 0.25) is 0 Å². The minimum atomic E-state index is -1.09. The molecule has 0 spiro atoms. The zero-order chi connectivity index (χ0) is 19.1. The smallest absolute Gasteiger partial charge is 0.330 e. The molecular formula is C21H26N2O3. The van der Waals surface area contributed by atoms with Gasteiger partial charge in [0.15, 0.2) is 6.04 Å². The molecule has 0 aliphatic carbocycles. The number of carbonyl (C=O) groups excluding carboxylic acids is 1. The highest BCUT2D eigenvalue weighted by atomic mass is 16.4. The number of carboxylic acids is 1. The molecule has 0 bridgehead atoms. The maximum Gasteiger partial charge on any atom is 0.330 e. The van der Waals surface area contributed by atoms with E-state index >= 15 is 0 Å². The van der Waals surface area contributed by atoms with Crippen LogP contribution >= 0.6 is 0 Å². The third-order valence-corrected chi connectivity index (χ3v) is 4.39. The van der Waals surface area contributed by atoms with Crippen LogP contribution < -0.4 is 5.32 Å². The summed E-state index contributed by atoms with van der Waals surface area (Å²) in [6.07, 6.45) is 0. The van der Waals surface area contributed by atoms with Crippen LogP contribution in [0.25, 0.3) is 0 Å². The fraction of sp³-hybridized carbons (Fsp3) is 0.333. The van der Waals surface area contributed by atoms with E-state index in [4.69, 9.17) is 0 Å². The predicted molar refractivity (Wildman–Crippen MR) is 102 cm³/mol. The SMILES string of the molecule is CCN(Cc1ccc(C(=O)N[C@H](C(=O)O)c2ccccc2)cc1)C(C)C. The molecule has 0 unspecified atom stereocenters. The Morgan fingerprint density at radius 2 is 1.65 bits per heavy atom. The summed E-state index contributed by atoms with van der Waals surface area (Å²) >= 11 is 0. The van der Waals surface area contributed by atoms with Crippen molar-refractivity contribution in [3.8, 4) is 0 Å². The number of amides is 1. The van der Waals surface area contributed by atoms with Crippen LogP contribution in [-0.2, 0) is 11.3 Å². The minimum absolute atomic E-state index is 0.399. The van der Waals surface area contributed by atoms with Crippen LogP contribution in [0.1, 0.15) is 48.3 Å². The van der Waals surface area contributed by atoms with Crippen molar-refractivity contribution >= 4 is 11.9 Å². The van der Waals surface area contributed by atoms with Crippen molar-refractivity contribution in [2.75, 3.05) is 6.54 Å². The van der Waals surface area contributed by atoms with E-state index in [1.807, 2.05) is 12.1 Å². The molecule has 0 saturated heterocycles. The lowest BCUT2D eigenvalue weighted by Crippen LogP contribution is -2.33. The second-order valence-electron chi connectivity index (χ2n) is 6.51. The van der Waals surface area contributed by atoms with Crippen molar-refractivity contribution in [3.05, 3.63) is 71.3 Å². The number of nitrogens with zero attached hydrogens (tertiary/aromatic N) is 1. The van der Waals surface area contributed by atoms with Crippen molar-refractivity contribution in [2.45, 2.75) is 39.4 Å². The van der Waals surface area contributed by atoms with Gasteiger partial charge in [0.05, 0.1) is 0 Å². The van der Waals surface area contributed by atoms with Gasteiger partial charge in [-0.15, -0.1) is 0 Å². The Morgan fingerprint density at radius 1 is 1.04 bits per heavy atom. The van der Waals surface area contributed by atoms with E-state index < -0.39 is 17.9 Å². The summed E-state index contributed by atoms with van der Waals surface area (Å²) in [5.74, 6) is -1.49. The summed E-state index contributed by atoms with van der Waals surface area (Å²) in [7, 11) is 0. The highest BCUT2D eigenvalue weighted by molar-refractivity contribution is 5.96. The van der Waals surface area contributed by atoms with E-state index in [0.29, 0.717) is 17.2 Å². The van der Waals surface area contributed by atoms with E-state index in [0.717, 1.165) is 18.7 Å². The largest absolute Gasteiger partial charge is 0.479 e. The Hall–Kier alpha value is -2.66. The summed E-state index contributed by atoms with van der Waals surface area (Å²) in [4.78, 5) is 26.3. The number of benzene rings is 2. The molecule has 1 atom stereocenters. The number of nitrogens with one attached hydrogen (secondary N) is 1. The minimum Gasteiger partial charge on any atom is -0.479 e. The summed E-state index contributed by atoms with van der Waals surface area (Å²) in [5.41, 5.74) is 2.11. The molecule has 5 nitrogen and oxygen atoms in total. The summed E-state index contributed by atoms with van der Waals surface area (Å²) in [5, 5.41) is 12.0. The summed E-state index contributed by atoms with van der Waals surface area (Å²) in [6, 6.07) is 15.4. The number of carboxylic acid groups (broad SMARTS) is 1. The molecule has 2 aromatic rings. The number of hydrogen-bond acceptors (Lipinski definition) is 3. The first kappa shape index (κ1) is 19.7. The van der Waals surface area contributed by atoms with Gasteiger partial charge in [0.2, 0.25) is 0 Å². The van der Waals surface area contributed by atoms with Crippen molar-refractivity contribution < 1.29 is 14.7 Å². The van der Waals surface area contributed by atoms with Crippen molar-refractivity contribution in [3.63, 3.8) is 0 Å². The molecule has 0 heterocycles. The first-order valence-corrected chi connectivity index (χ1v) is 8.84. The van der Waals surface area contributed by atoms with Crippen LogP contribution in [-0.4, -0.2) is 34.5 Å². The highest BCUT2D eigenvalue weighted by Crippen LogP contribution is 2.15. The second-order valence-corrected chi connectivity index (χ2v) is 6.51. The van der Waals surface area contributed by atoms with Gasteiger partial charge < -0.3 is 10.4 Å². The Kier molecular flexibility index (Phi) is 6.92. The van der Waals surface area contributed by atoms with Gasteiger partial charge >= 0.3 is 5.97 Å². The second kappa shape index (κ2) is 9.15. The van der Waals surface area contributed by atoms with Crippen molar-refractivity contribution in [1.29, 1.82) is 0 Å². The molecule has 0 aliphatic heterocycles. The van der Waals surface area contributed by atoms with Crippen LogP contribution in [0.4, 0.5) is 0 Å². The third-order valence-electron chi connectivity index (χ3n) is 4.39. The third kappa shape index (κ3) is 5.17. The maximum atomic E-state index is 12.4. The zero-order valence-electron chi connectivity index (χ0n) is 15.5. The molecule has 138 valence electrons. The topological polar surface area (TPSA) is 69.6 Å². The normalized spacial score (nSPS) is 12.2. The van der Waals surface area contributed by atoms with E-state index in [9.17, 15) is 14.7 Å². The molecule has 0 fully saturated rings. The van der Waals surface area contributed by atoms with Gasteiger partial charge in [-0.2, -0.15) is 0 Å². The lowest BCUT2D eigenvalue weighted by atomic mass is 10.1. The number of carbonyl (C=O) groups is 2. The molecule has 2 N–H and O–H groups in total. The molecule has 0 aromatic heterocycles. The molecule has 5 heteroatoms. The first-order chi connectivity index (χ1) is 12.4. The molecular weight excluding hydrogens is 328 g/mol. The quantitative estimate of drug-likeness (QED) is 0.761. The van der Waals surface area contributed by atoms with Crippen LogP contribution in [0.5, 0.6) is 0 Å². The molecule has 0 aliphatic rings. The van der Waals surface area contributed by atoms with E-state index in [2.05, 4.69) is 31.0 Å². The number of aliphatic carboxylic acids is 1. The fourth-order valence-corrected chi connectivity index (χ4v) is 2.80. The van der Waals surface area contributed by atoms with Gasteiger partial charge in [-0.1, -0.05) is 49.4 Å². The lowest BCUT2D eigenvalue weighted by molar-refractivity contribution is -0.139. The standard InChI is InChI=1S/C21H26N2O3/c1-4-23(15(2)3)14-16-10-12-18(13-11-16)20(24)22-19(21(25)26)17-8-6-5-7-9-17/h5-13,15,19H,4,14H2,1-3H3,(H,22,24)(H,25,26)/t19-/m0/s1. The average molecular weight is 354 g/mol. The van der Waals surface area contributed by atoms with Crippen LogP contribution in [0.15, 0.2) is 54.6 Å². The summed E-state index contributed by atoms with van der Waals surface area (Å²) in [6.45, 7) is 8.20. The van der Waals surface area contributed by atoms with E-state index in [1.165, 1.54) is 0 Å². The number of rotatable bonds is 8. The Bertz CT molecular complexity index is 727. The van der Waals surface area contributed by atoms with Gasteiger partial charge in [0.25, 0.3) is 5.91 Å². The van der Waals surface area contributed by atoms with Crippen LogP contribution in [0.3, 0.4) is 0 Å². The maximum absolute atomic E-state index is 12.4. The molecule has 0 radical (unpaired) electrons. The molecule has 1 amide bonds. The monoisotopic (exact) mass is 354 g/mol. The van der Waals surface area contributed by atoms with Crippen LogP contribution in [0, 0.1) is 0 Å². The Labute approximate surface area is 154 Å². The Morgan fingerprint density at radius 3 is 2.15 bits per heavy atom. The van der Waals surface area contributed by atoms with Gasteiger partial charge in [0, 0.05) is 18.2 Å². The molecule has 26 heavy (non-hydrogen) atoms. The van der Waals surface area contributed by atoms with Gasteiger partial charge in [0.1, 0.15) is 0 Å². The summed E-state index contributed by atoms with van der Waals surface area (Å²) < 4.78 is 0. The van der Waals surface area contributed by atoms with E-state index in [-0.39, 0.29) is 0 Å². The highest BCUT2D eigenvalue weighted by Gasteiger charge is 2.22. The van der Waals surface area contributed by atoms with Gasteiger partial charge in [-0.05, 0) is 43.7 Å². The van der Waals surface area contributed by atoms with Crippen molar-refractivity contribution in [1.82, 2.24) is 10.2 Å². The lowest BCUT2D eigenvalue weighted by Gasteiger charge is -2.24. The zero-order valence-corrected chi connectivity index (χ0v) is 15.5. The first-order valence-electron chi connectivity index (χ1n) is 8.84. The fourth-order valence-electron chi connectivity index (χ4n) is 2.80. The molecule has 2 aromatic carbocycles. The molecule has 0 saturated carbocycles. The Balaban J connectivity index is 2.08. The van der Waals surface area contributed by atoms with E-state index in [1.54, 1.807) is 42.5 Å². The van der Waals surface area contributed by atoms with Gasteiger partial charge in [-0.3, -0.25) is 9.69 Å². The average Bonchev–Trinajstić information content (AvgIpc) is 2.64. The predicted octanol–water partition coefficient (Wildman–Crippen LogP) is 3.47. The molecule has 2 rings (SSSR count). The van der Waals surface area contributed by atoms with Gasteiger partial charge in [-0.25, -0.2) is 4.79 Å². The van der Waals surface area contributed by atoms with Crippen molar-refractivity contribution in [2.24, 2.45) is 0 Å².